The Kier molecular flexibility index (Phi) is 5.06. The fourth-order valence-corrected chi connectivity index (χ4v) is 3.75. The van der Waals surface area contributed by atoms with Crippen LogP contribution in [-0.2, 0) is 11.0 Å². The molecule has 1 unspecified atom stereocenters. The number of fused-ring (bicyclic) bond motifs is 1. The van der Waals surface area contributed by atoms with Crippen molar-refractivity contribution < 1.29 is 22.4 Å². The topological polar surface area (TPSA) is 99.9 Å². The molecule has 4 rings (SSSR count). The fourth-order valence-electron chi connectivity index (χ4n) is 3.75. The number of hydrogen-bond acceptors (Lipinski definition) is 5. The van der Waals surface area contributed by atoms with Crippen LogP contribution in [0.4, 0.5) is 29.1 Å². The van der Waals surface area contributed by atoms with E-state index >= 15 is 0 Å². The Morgan fingerprint density at radius 2 is 2.10 bits per heavy atom. The first-order valence-corrected chi connectivity index (χ1v) is 9.24. The molecule has 0 bridgehead atoms. The van der Waals surface area contributed by atoms with Crippen LogP contribution >= 0.6 is 0 Å². The number of pyridine rings is 1. The van der Waals surface area contributed by atoms with E-state index in [2.05, 4.69) is 20.5 Å². The number of para-hydroxylation sites is 1. The standard InChI is InChI=1S/C19H18F4N6O/c20-11-4-1-2-5-12(11)25-15(30)9-29-7-3-6-14(29)13-8-10(19(21,22)23)16-17(24)27-28-18(16)26-13/h1-2,4-5,8,14H,3,6-7,9H2,(H,25,30)(H3,24,26,27,28). The number of halogens is 4. The van der Waals surface area contributed by atoms with Gasteiger partial charge >= 0.3 is 6.18 Å². The predicted molar refractivity (Wildman–Crippen MR) is 102 cm³/mol. The van der Waals surface area contributed by atoms with Crippen LogP contribution in [0.3, 0.4) is 0 Å². The predicted octanol–water partition coefficient (Wildman–Crippen LogP) is 3.47. The maximum absolute atomic E-state index is 13.7. The molecule has 1 atom stereocenters. The van der Waals surface area contributed by atoms with Crippen molar-refractivity contribution in [2.75, 3.05) is 24.1 Å². The molecule has 1 saturated heterocycles. The zero-order chi connectivity index (χ0) is 21.5. The molecule has 1 aliphatic heterocycles. The van der Waals surface area contributed by atoms with Crippen LogP contribution in [0, 0.1) is 5.82 Å². The summed E-state index contributed by atoms with van der Waals surface area (Å²) in [5, 5.41) is 8.33. The molecule has 4 N–H and O–H groups in total. The number of hydrogen-bond donors (Lipinski definition) is 3. The zero-order valence-electron chi connectivity index (χ0n) is 15.6. The quantitative estimate of drug-likeness (QED) is 0.559. The third-order valence-corrected chi connectivity index (χ3v) is 5.08. The van der Waals surface area contributed by atoms with Crippen LogP contribution in [0.25, 0.3) is 11.0 Å². The fraction of sp³-hybridized carbons (Fsp3) is 0.316. The molecule has 1 fully saturated rings. The van der Waals surface area contributed by atoms with Gasteiger partial charge in [-0.15, -0.1) is 0 Å². The number of nitrogens with two attached hydrogens (primary N) is 1. The van der Waals surface area contributed by atoms with Gasteiger partial charge < -0.3 is 11.1 Å². The van der Waals surface area contributed by atoms with Gasteiger partial charge in [-0.3, -0.25) is 14.8 Å². The molecule has 11 heteroatoms. The Morgan fingerprint density at radius 1 is 1.33 bits per heavy atom. The molecule has 30 heavy (non-hydrogen) atoms. The lowest BCUT2D eigenvalue weighted by Crippen LogP contribution is -2.33. The highest BCUT2D eigenvalue weighted by molar-refractivity contribution is 5.92. The van der Waals surface area contributed by atoms with Gasteiger partial charge in [0, 0.05) is 0 Å². The van der Waals surface area contributed by atoms with Crippen molar-refractivity contribution in [1.29, 1.82) is 0 Å². The van der Waals surface area contributed by atoms with E-state index in [0.717, 1.165) is 6.07 Å². The minimum Gasteiger partial charge on any atom is -0.383 e. The van der Waals surface area contributed by atoms with Crippen LogP contribution in [0.2, 0.25) is 0 Å². The van der Waals surface area contributed by atoms with E-state index in [1.165, 1.54) is 18.2 Å². The van der Waals surface area contributed by atoms with Gasteiger partial charge in [-0.05, 0) is 37.6 Å². The number of rotatable bonds is 4. The number of nitrogens with zero attached hydrogens (tertiary/aromatic N) is 3. The van der Waals surface area contributed by atoms with Crippen molar-refractivity contribution in [2.45, 2.75) is 25.1 Å². The highest BCUT2D eigenvalue weighted by atomic mass is 19.4. The van der Waals surface area contributed by atoms with Gasteiger partial charge in [0.1, 0.15) is 11.6 Å². The van der Waals surface area contributed by atoms with Gasteiger partial charge in [-0.25, -0.2) is 9.37 Å². The number of likely N-dealkylation sites (tertiary alicyclic amines) is 1. The summed E-state index contributed by atoms with van der Waals surface area (Å²) >= 11 is 0. The summed E-state index contributed by atoms with van der Waals surface area (Å²) in [5.74, 6) is -1.24. The largest absolute Gasteiger partial charge is 0.417 e. The number of alkyl halides is 3. The highest BCUT2D eigenvalue weighted by Crippen LogP contribution is 2.39. The van der Waals surface area contributed by atoms with Crippen molar-refractivity contribution in [2.24, 2.45) is 0 Å². The molecule has 3 aromatic rings. The summed E-state index contributed by atoms with van der Waals surface area (Å²) in [6, 6.07) is 6.21. The van der Waals surface area contributed by atoms with Gasteiger partial charge in [0.05, 0.1) is 34.9 Å². The molecule has 0 saturated carbocycles. The lowest BCUT2D eigenvalue weighted by Gasteiger charge is -2.24. The average molecular weight is 422 g/mol. The molecule has 158 valence electrons. The second-order valence-electron chi connectivity index (χ2n) is 7.08. The van der Waals surface area contributed by atoms with E-state index < -0.39 is 29.5 Å². The van der Waals surface area contributed by atoms with Crippen molar-refractivity contribution in [3.8, 4) is 0 Å². The molecule has 1 aliphatic rings. The highest BCUT2D eigenvalue weighted by Gasteiger charge is 2.37. The Hall–Kier alpha value is -3.21. The number of nitrogens with one attached hydrogen (secondary N) is 2. The van der Waals surface area contributed by atoms with Crippen molar-refractivity contribution in [1.82, 2.24) is 20.1 Å². The summed E-state index contributed by atoms with van der Waals surface area (Å²) in [7, 11) is 0. The third-order valence-electron chi connectivity index (χ3n) is 5.08. The van der Waals surface area contributed by atoms with E-state index in [-0.39, 0.29) is 34.8 Å². The smallest absolute Gasteiger partial charge is 0.383 e. The van der Waals surface area contributed by atoms with E-state index in [1.54, 1.807) is 11.0 Å². The average Bonchev–Trinajstić information content (AvgIpc) is 3.29. The van der Waals surface area contributed by atoms with Crippen LogP contribution in [0.1, 0.15) is 30.1 Å². The zero-order valence-corrected chi connectivity index (χ0v) is 15.6. The Morgan fingerprint density at radius 3 is 2.83 bits per heavy atom. The SMILES string of the molecule is Nc1[nH]nc2nc(C3CCCN3CC(=O)Nc3ccccc3F)cc(C(F)(F)F)c12. The molecule has 3 heterocycles. The number of benzene rings is 1. The summed E-state index contributed by atoms with van der Waals surface area (Å²) < 4.78 is 54.5. The number of anilines is 2. The third kappa shape index (κ3) is 3.80. The maximum Gasteiger partial charge on any atom is 0.417 e. The molecule has 0 radical (unpaired) electrons. The first-order chi connectivity index (χ1) is 14.2. The molecule has 1 aromatic carbocycles. The summed E-state index contributed by atoms with van der Waals surface area (Å²) in [6.07, 6.45) is -3.43. The molecular formula is C19H18F4N6O. The first-order valence-electron chi connectivity index (χ1n) is 9.24. The number of carbonyl (C=O) groups excluding carboxylic acids is 1. The van der Waals surface area contributed by atoms with Crippen LogP contribution < -0.4 is 11.1 Å². The number of carbonyl (C=O) groups is 1. The Labute approximate surface area is 168 Å². The van der Waals surface area contributed by atoms with Crippen LogP contribution in [0.15, 0.2) is 30.3 Å². The molecule has 0 aliphatic carbocycles. The van der Waals surface area contributed by atoms with Crippen molar-refractivity contribution in [3.63, 3.8) is 0 Å². The molecule has 0 spiro atoms. The molecule has 1 amide bonds. The van der Waals surface area contributed by atoms with E-state index in [1.807, 2.05) is 0 Å². The van der Waals surface area contributed by atoms with Gasteiger partial charge in [0.15, 0.2) is 5.65 Å². The van der Waals surface area contributed by atoms with E-state index in [4.69, 9.17) is 5.73 Å². The summed E-state index contributed by atoms with van der Waals surface area (Å²) in [5.41, 5.74) is 4.77. The van der Waals surface area contributed by atoms with Crippen LogP contribution in [-0.4, -0.2) is 39.1 Å². The minimum atomic E-state index is -4.64. The second-order valence-corrected chi connectivity index (χ2v) is 7.08. The number of amides is 1. The number of aromatic amines is 1. The van der Waals surface area contributed by atoms with Gasteiger partial charge in [-0.1, -0.05) is 12.1 Å². The minimum absolute atomic E-state index is 0.0455. The van der Waals surface area contributed by atoms with Crippen molar-refractivity contribution in [3.05, 3.63) is 47.4 Å². The molecular weight excluding hydrogens is 404 g/mol. The number of H-pyrrole nitrogens is 1. The van der Waals surface area contributed by atoms with Crippen molar-refractivity contribution >= 4 is 28.4 Å². The summed E-state index contributed by atoms with van der Waals surface area (Å²) in [4.78, 5) is 18.4. The van der Waals surface area contributed by atoms with Gasteiger partial charge in [-0.2, -0.15) is 18.3 Å². The maximum atomic E-state index is 13.7. The monoisotopic (exact) mass is 422 g/mol. The number of aromatic nitrogens is 3. The Bertz CT molecular complexity index is 1100. The molecule has 2 aromatic heterocycles. The lowest BCUT2D eigenvalue weighted by molar-refractivity contribution is -0.136. The normalized spacial score (nSPS) is 17.5. The Balaban J connectivity index is 1.60. The lowest BCUT2D eigenvalue weighted by atomic mass is 10.1. The van der Waals surface area contributed by atoms with Crippen LogP contribution in [0.5, 0.6) is 0 Å². The van der Waals surface area contributed by atoms with E-state index in [0.29, 0.717) is 19.4 Å². The van der Waals surface area contributed by atoms with E-state index in [9.17, 15) is 22.4 Å². The summed E-state index contributed by atoms with van der Waals surface area (Å²) in [6.45, 7) is 0.391. The number of nitrogen functional groups attached to an aromatic ring is 1. The van der Waals surface area contributed by atoms with Gasteiger partial charge in [0.25, 0.3) is 0 Å². The van der Waals surface area contributed by atoms with Gasteiger partial charge in [0.2, 0.25) is 5.91 Å². The molecule has 7 nitrogen and oxygen atoms in total. The second kappa shape index (κ2) is 7.56. The first kappa shape index (κ1) is 20.1.